The maximum absolute atomic E-state index is 12.4. The van der Waals surface area contributed by atoms with Crippen molar-refractivity contribution in [3.8, 4) is 0 Å². The Morgan fingerprint density at radius 2 is 1.77 bits per heavy atom. The van der Waals surface area contributed by atoms with Crippen molar-refractivity contribution in [1.82, 2.24) is 10.3 Å². The average Bonchev–Trinajstić information content (AvgIpc) is 2.65. The summed E-state index contributed by atoms with van der Waals surface area (Å²) in [4.78, 5) is 39.7. The molecule has 7 nitrogen and oxygen atoms in total. The smallest absolute Gasteiger partial charge is 0.269 e. The first-order valence-corrected chi connectivity index (χ1v) is 8.17. The summed E-state index contributed by atoms with van der Waals surface area (Å²) in [5.74, 6) is -0.754. The van der Waals surface area contributed by atoms with E-state index in [9.17, 15) is 14.4 Å². The second-order valence-corrected chi connectivity index (χ2v) is 5.62. The third-order valence-corrected chi connectivity index (χ3v) is 3.61. The monoisotopic (exact) mass is 355 g/mol. The van der Waals surface area contributed by atoms with E-state index in [0.29, 0.717) is 36.4 Å². The van der Waals surface area contributed by atoms with Crippen LogP contribution in [0.4, 0.5) is 5.69 Å². The Morgan fingerprint density at radius 3 is 2.42 bits per heavy atom. The number of carbonyl (C=O) groups excluding carboxylic acids is 3. The van der Waals surface area contributed by atoms with Crippen molar-refractivity contribution in [3.05, 3.63) is 59.4 Å². The Balaban J connectivity index is 2.00. The number of amides is 2. The van der Waals surface area contributed by atoms with Crippen molar-refractivity contribution in [2.45, 2.75) is 13.3 Å². The summed E-state index contributed by atoms with van der Waals surface area (Å²) < 4.78 is 4.92. The van der Waals surface area contributed by atoms with Gasteiger partial charge < -0.3 is 15.4 Å². The van der Waals surface area contributed by atoms with Gasteiger partial charge in [-0.3, -0.25) is 19.4 Å². The van der Waals surface area contributed by atoms with Gasteiger partial charge in [0.1, 0.15) is 5.69 Å². The topological polar surface area (TPSA) is 97.4 Å². The second kappa shape index (κ2) is 9.43. The molecule has 0 bridgehead atoms. The molecule has 1 heterocycles. The molecule has 0 aliphatic heterocycles. The fourth-order valence-corrected chi connectivity index (χ4v) is 2.20. The maximum Gasteiger partial charge on any atom is 0.269 e. The molecule has 0 atom stereocenters. The van der Waals surface area contributed by atoms with Crippen molar-refractivity contribution >= 4 is 23.3 Å². The summed E-state index contributed by atoms with van der Waals surface area (Å²) in [6.07, 6.45) is 2.11. The Kier molecular flexibility index (Phi) is 6.99. The highest BCUT2D eigenvalue weighted by atomic mass is 16.5. The SMILES string of the molecule is COCCCNC(=O)c1cc(C(=O)Nc2ccc(C(C)=O)cc2)ccn1. The zero-order valence-electron chi connectivity index (χ0n) is 14.7. The number of carbonyl (C=O) groups is 3. The Morgan fingerprint density at radius 1 is 1.04 bits per heavy atom. The highest BCUT2D eigenvalue weighted by Gasteiger charge is 2.12. The molecule has 136 valence electrons. The van der Waals surface area contributed by atoms with Gasteiger partial charge in [0, 0.05) is 43.3 Å². The van der Waals surface area contributed by atoms with Crippen molar-refractivity contribution in [2.24, 2.45) is 0 Å². The van der Waals surface area contributed by atoms with Gasteiger partial charge in [0.25, 0.3) is 11.8 Å². The van der Waals surface area contributed by atoms with E-state index in [1.165, 1.54) is 25.3 Å². The van der Waals surface area contributed by atoms with Gasteiger partial charge in [0.15, 0.2) is 5.78 Å². The van der Waals surface area contributed by atoms with Gasteiger partial charge in [-0.25, -0.2) is 0 Å². The molecule has 0 aliphatic carbocycles. The minimum atomic E-state index is -0.364. The summed E-state index contributed by atoms with van der Waals surface area (Å²) >= 11 is 0. The van der Waals surface area contributed by atoms with Crippen molar-refractivity contribution < 1.29 is 19.1 Å². The van der Waals surface area contributed by atoms with Crippen LogP contribution in [0.1, 0.15) is 44.5 Å². The van der Waals surface area contributed by atoms with Crippen LogP contribution in [0, 0.1) is 0 Å². The minimum Gasteiger partial charge on any atom is -0.385 e. The molecule has 2 aromatic rings. The number of anilines is 1. The Bertz CT molecular complexity index is 788. The van der Waals surface area contributed by atoms with Crippen LogP contribution in [-0.4, -0.2) is 42.8 Å². The maximum atomic E-state index is 12.4. The summed E-state index contributed by atoms with van der Waals surface area (Å²) in [7, 11) is 1.60. The van der Waals surface area contributed by atoms with E-state index in [4.69, 9.17) is 4.74 Å². The molecular formula is C19H21N3O4. The van der Waals surface area contributed by atoms with Crippen molar-refractivity contribution in [2.75, 3.05) is 25.6 Å². The average molecular weight is 355 g/mol. The lowest BCUT2D eigenvalue weighted by Crippen LogP contribution is -2.26. The quantitative estimate of drug-likeness (QED) is 0.559. The van der Waals surface area contributed by atoms with Gasteiger partial charge in [-0.1, -0.05) is 0 Å². The number of methoxy groups -OCH3 is 1. The summed E-state index contributed by atoms with van der Waals surface area (Å²) in [6.45, 7) is 2.50. The fraction of sp³-hybridized carbons (Fsp3) is 0.263. The molecule has 2 amide bonds. The molecule has 0 saturated heterocycles. The summed E-state index contributed by atoms with van der Waals surface area (Å²) in [5.41, 5.74) is 1.61. The van der Waals surface area contributed by atoms with E-state index < -0.39 is 0 Å². The van der Waals surface area contributed by atoms with Gasteiger partial charge in [-0.05, 0) is 49.7 Å². The van der Waals surface area contributed by atoms with Crippen molar-refractivity contribution in [3.63, 3.8) is 0 Å². The van der Waals surface area contributed by atoms with Crippen LogP contribution in [0.5, 0.6) is 0 Å². The van der Waals surface area contributed by atoms with Crippen LogP contribution in [0.2, 0.25) is 0 Å². The van der Waals surface area contributed by atoms with Crippen LogP contribution in [-0.2, 0) is 4.74 Å². The first-order chi connectivity index (χ1) is 12.5. The third-order valence-electron chi connectivity index (χ3n) is 3.61. The molecule has 0 spiro atoms. The number of nitrogens with one attached hydrogen (secondary N) is 2. The van der Waals surface area contributed by atoms with Crippen molar-refractivity contribution in [1.29, 1.82) is 0 Å². The molecule has 0 unspecified atom stereocenters. The number of ether oxygens (including phenoxy) is 1. The number of nitrogens with zero attached hydrogens (tertiary/aromatic N) is 1. The molecule has 0 aliphatic rings. The van der Waals surface area contributed by atoms with Gasteiger partial charge in [-0.2, -0.15) is 0 Å². The lowest BCUT2D eigenvalue weighted by molar-refractivity contribution is 0.0942. The van der Waals surface area contributed by atoms with Gasteiger partial charge in [-0.15, -0.1) is 0 Å². The molecule has 7 heteroatoms. The second-order valence-electron chi connectivity index (χ2n) is 5.62. The molecule has 1 aromatic heterocycles. The highest BCUT2D eigenvalue weighted by molar-refractivity contribution is 6.06. The number of Topliss-reactive ketones (excluding diaryl/α,β-unsaturated/α-hetero) is 1. The lowest BCUT2D eigenvalue weighted by Gasteiger charge is -2.08. The molecule has 0 radical (unpaired) electrons. The van der Waals surface area contributed by atoms with E-state index in [-0.39, 0.29) is 23.3 Å². The number of benzene rings is 1. The van der Waals surface area contributed by atoms with Gasteiger partial charge >= 0.3 is 0 Å². The van der Waals surface area contributed by atoms with E-state index in [0.717, 1.165) is 0 Å². The zero-order chi connectivity index (χ0) is 18.9. The van der Waals surface area contributed by atoms with E-state index in [1.807, 2.05) is 0 Å². The largest absolute Gasteiger partial charge is 0.385 e. The van der Waals surface area contributed by atoms with E-state index in [2.05, 4.69) is 15.6 Å². The predicted octanol–water partition coefficient (Wildman–Crippen LogP) is 2.30. The molecule has 2 N–H and O–H groups in total. The Labute approximate surface area is 151 Å². The first-order valence-electron chi connectivity index (χ1n) is 8.17. The highest BCUT2D eigenvalue weighted by Crippen LogP contribution is 2.12. The fourth-order valence-electron chi connectivity index (χ4n) is 2.20. The first kappa shape index (κ1) is 19.3. The third kappa shape index (κ3) is 5.49. The number of pyridine rings is 1. The zero-order valence-corrected chi connectivity index (χ0v) is 14.7. The van der Waals surface area contributed by atoms with Crippen LogP contribution < -0.4 is 10.6 Å². The molecule has 26 heavy (non-hydrogen) atoms. The standard InChI is InChI=1S/C19H21N3O4/c1-13(23)14-4-6-16(7-5-14)22-18(24)15-8-10-20-17(12-15)19(25)21-9-3-11-26-2/h4-8,10,12H,3,9,11H2,1-2H3,(H,21,25)(H,22,24). The van der Waals surface area contributed by atoms with Crippen LogP contribution >= 0.6 is 0 Å². The molecular weight excluding hydrogens is 334 g/mol. The van der Waals surface area contributed by atoms with Gasteiger partial charge in [0.2, 0.25) is 0 Å². The number of hydrogen-bond acceptors (Lipinski definition) is 5. The van der Waals surface area contributed by atoms with Gasteiger partial charge in [0.05, 0.1) is 0 Å². The van der Waals surface area contributed by atoms with Crippen LogP contribution in [0.3, 0.4) is 0 Å². The minimum absolute atomic E-state index is 0.0434. The summed E-state index contributed by atoms with van der Waals surface area (Å²) in [5, 5.41) is 5.45. The number of hydrogen-bond donors (Lipinski definition) is 2. The Hall–Kier alpha value is -3.06. The van der Waals surface area contributed by atoms with E-state index in [1.54, 1.807) is 31.4 Å². The number of rotatable bonds is 8. The molecule has 0 saturated carbocycles. The molecule has 2 rings (SSSR count). The normalized spacial score (nSPS) is 10.2. The molecule has 1 aromatic carbocycles. The molecule has 0 fully saturated rings. The number of aromatic nitrogens is 1. The number of ketones is 1. The lowest BCUT2D eigenvalue weighted by atomic mass is 10.1. The predicted molar refractivity (Wildman–Crippen MR) is 97.5 cm³/mol. The van der Waals surface area contributed by atoms with Crippen LogP contribution in [0.15, 0.2) is 42.6 Å². The van der Waals surface area contributed by atoms with Crippen LogP contribution in [0.25, 0.3) is 0 Å². The summed E-state index contributed by atoms with van der Waals surface area (Å²) in [6, 6.07) is 9.55. The van der Waals surface area contributed by atoms with E-state index >= 15 is 0 Å².